The van der Waals surface area contributed by atoms with E-state index < -0.39 is 0 Å². The summed E-state index contributed by atoms with van der Waals surface area (Å²) in [5.74, 6) is 1.85. The largest absolute Gasteiger partial charge is 0.492 e. The van der Waals surface area contributed by atoms with Gasteiger partial charge in [0.2, 0.25) is 5.90 Å². The highest BCUT2D eigenvalue weighted by Gasteiger charge is 2.28. The first kappa shape index (κ1) is 21.1. The summed E-state index contributed by atoms with van der Waals surface area (Å²) in [5.41, 5.74) is 4.37. The highest BCUT2D eigenvalue weighted by atomic mass is 16.5. The van der Waals surface area contributed by atoms with Crippen LogP contribution in [-0.4, -0.2) is 38.0 Å². The Kier molecular flexibility index (Phi) is 5.77. The molecule has 0 radical (unpaired) electrons. The number of ether oxygens (including phenoxy) is 2. The molecular formula is C24H26N6O3. The van der Waals surface area contributed by atoms with Crippen LogP contribution in [0.25, 0.3) is 5.69 Å². The lowest BCUT2D eigenvalue weighted by Gasteiger charge is -2.18. The summed E-state index contributed by atoms with van der Waals surface area (Å²) < 4.78 is 14.4. The van der Waals surface area contributed by atoms with Crippen LogP contribution in [-0.2, 0) is 18.4 Å². The molecule has 1 aliphatic heterocycles. The average Bonchev–Trinajstić information content (AvgIpc) is 3.64. The molecule has 1 aliphatic carbocycles. The Morgan fingerprint density at radius 3 is 2.79 bits per heavy atom. The van der Waals surface area contributed by atoms with Gasteiger partial charge >= 0.3 is 5.69 Å². The minimum Gasteiger partial charge on any atom is -0.492 e. The lowest BCUT2D eigenvalue weighted by molar-refractivity contribution is 0.281. The fourth-order valence-electron chi connectivity index (χ4n) is 3.99. The second-order valence-corrected chi connectivity index (χ2v) is 8.19. The van der Waals surface area contributed by atoms with Gasteiger partial charge < -0.3 is 9.47 Å². The Hall–Kier alpha value is -3.75. The van der Waals surface area contributed by atoms with E-state index in [0.29, 0.717) is 37.0 Å². The zero-order chi connectivity index (χ0) is 22.8. The lowest BCUT2D eigenvalue weighted by Crippen LogP contribution is -2.23. The average molecular weight is 447 g/mol. The Balaban J connectivity index is 1.43. The Morgan fingerprint density at radius 1 is 1.18 bits per heavy atom. The van der Waals surface area contributed by atoms with Crippen molar-refractivity contribution in [2.45, 2.75) is 45.1 Å². The van der Waals surface area contributed by atoms with Gasteiger partial charge in [0.15, 0.2) is 0 Å². The molecule has 0 N–H and O–H groups in total. The van der Waals surface area contributed by atoms with Gasteiger partial charge in [-0.15, -0.1) is 5.10 Å². The number of rotatable bonds is 6. The highest BCUT2D eigenvalue weighted by Crippen LogP contribution is 2.43. The van der Waals surface area contributed by atoms with Gasteiger partial charge in [-0.3, -0.25) is 0 Å². The number of fused-ring (bicyclic) bond motifs is 1. The number of hydrogen-bond donors (Lipinski definition) is 0. The number of tetrazole rings is 1. The summed E-state index contributed by atoms with van der Waals surface area (Å²) >= 11 is 0. The lowest BCUT2D eigenvalue weighted by atomic mass is 10.0. The summed E-state index contributed by atoms with van der Waals surface area (Å²) in [6.07, 6.45) is 3.56. The van der Waals surface area contributed by atoms with Gasteiger partial charge in [-0.1, -0.05) is 31.2 Å². The molecule has 9 nitrogen and oxygen atoms in total. The molecule has 9 heteroatoms. The second kappa shape index (κ2) is 9.01. The van der Waals surface area contributed by atoms with Crippen molar-refractivity contribution in [1.29, 1.82) is 0 Å². The van der Waals surface area contributed by atoms with Crippen LogP contribution in [0.4, 0.5) is 0 Å². The molecule has 0 spiro atoms. The maximum absolute atomic E-state index is 12.5. The van der Waals surface area contributed by atoms with Gasteiger partial charge in [0.1, 0.15) is 12.4 Å². The Labute approximate surface area is 191 Å². The van der Waals surface area contributed by atoms with Crippen LogP contribution < -0.4 is 10.4 Å². The third kappa shape index (κ3) is 4.30. The highest BCUT2D eigenvalue weighted by molar-refractivity contribution is 6.03. The molecule has 1 aromatic heterocycles. The Morgan fingerprint density at radius 2 is 2.03 bits per heavy atom. The van der Waals surface area contributed by atoms with Crippen molar-refractivity contribution in [2.75, 3.05) is 6.61 Å². The molecule has 2 aliphatic rings. The van der Waals surface area contributed by atoms with Gasteiger partial charge in [0, 0.05) is 31.0 Å². The molecule has 5 rings (SSSR count). The summed E-state index contributed by atoms with van der Waals surface area (Å²) in [7, 11) is 1.59. The number of para-hydroxylation sites is 1. The van der Waals surface area contributed by atoms with Crippen molar-refractivity contribution in [3.63, 3.8) is 0 Å². The normalized spacial score (nSPS) is 17.0. The monoisotopic (exact) mass is 446 g/mol. The van der Waals surface area contributed by atoms with Crippen LogP contribution in [0.15, 0.2) is 57.5 Å². The number of benzene rings is 2. The van der Waals surface area contributed by atoms with Crippen LogP contribution in [0.3, 0.4) is 0 Å². The number of aromatic nitrogens is 4. The van der Waals surface area contributed by atoms with Crippen molar-refractivity contribution in [3.05, 3.63) is 69.6 Å². The molecule has 2 aromatic carbocycles. The zero-order valence-corrected chi connectivity index (χ0v) is 18.8. The van der Waals surface area contributed by atoms with Gasteiger partial charge in [-0.05, 0) is 52.9 Å². The van der Waals surface area contributed by atoms with Gasteiger partial charge in [0.25, 0.3) is 0 Å². The quantitative estimate of drug-likeness (QED) is 0.329. The van der Waals surface area contributed by atoms with Crippen LogP contribution in [0, 0.1) is 0 Å². The van der Waals surface area contributed by atoms with Crippen LogP contribution in [0.5, 0.6) is 5.75 Å². The molecule has 33 heavy (non-hydrogen) atoms. The molecule has 0 saturated heterocycles. The summed E-state index contributed by atoms with van der Waals surface area (Å²) in [6.45, 7) is 2.85. The van der Waals surface area contributed by atoms with E-state index in [2.05, 4.69) is 26.7 Å². The number of nitrogens with zero attached hydrogens (tertiary/aromatic N) is 6. The second-order valence-electron chi connectivity index (χ2n) is 8.19. The van der Waals surface area contributed by atoms with Crippen LogP contribution >= 0.6 is 0 Å². The molecule has 1 fully saturated rings. The molecular weight excluding hydrogens is 420 g/mol. The smallest absolute Gasteiger partial charge is 0.368 e. The molecule has 1 saturated carbocycles. The van der Waals surface area contributed by atoms with E-state index in [1.807, 2.05) is 43.3 Å². The maximum Gasteiger partial charge on any atom is 0.368 e. The standard InChI is InChI=1S/C24H26N6O3/c1-3-23(26-25-20-13-14-32-22-10-5-4-7-18(20)22)33-15-19-17(16-11-12-16)8-6-9-21(19)30-24(31)29(2)27-28-30/h4-10,16H,3,11-15H2,1-2H3/b25-20?,26-23-. The van der Waals surface area contributed by atoms with E-state index in [0.717, 1.165) is 35.4 Å². The predicted molar refractivity (Wildman–Crippen MR) is 124 cm³/mol. The summed E-state index contributed by atoms with van der Waals surface area (Å²) in [4.78, 5) is 12.5. The van der Waals surface area contributed by atoms with Gasteiger partial charge in [-0.2, -0.15) is 14.5 Å². The molecule has 0 unspecified atom stereocenters. The maximum atomic E-state index is 12.5. The fraction of sp³-hybridized carbons (Fsp3) is 0.375. The molecule has 2 heterocycles. The molecule has 0 bridgehead atoms. The van der Waals surface area contributed by atoms with E-state index in [-0.39, 0.29) is 12.3 Å². The third-order valence-electron chi connectivity index (χ3n) is 5.92. The minimum atomic E-state index is -0.293. The van der Waals surface area contributed by atoms with E-state index in [9.17, 15) is 4.79 Å². The molecule has 0 atom stereocenters. The first-order valence-electron chi connectivity index (χ1n) is 11.2. The van der Waals surface area contributed by atoms with Crippen LogP contribution in [0.1, 0.15) is 55.2 Å². The van der Waals surface area contributed by atoms with E-state index in [1.165, 1.54) is 14.9 Å². The predicted octanol–water partition coefficient (Wildman–Crippen LogP) is 3.36. The summed E-state index contributed by atoms with van der Waals surface area (Å²) in [5, 5.41) is 16.8. The first-order valence-corrected chi connectivity index (χ1v) is 11.2. The molecule has 3 aromatic rings. The number of aryl methyl sites for hydroxylation is 1. The van der Waals surface area contributed by atoms with E-state index >= 15 is 0 Å². The van der Waals surface area contributed by atoms with E-state index in [1.54, 1.807) is 7.05 Å². The van der Waals surface area contributed by atoms with Crippen molar-refractivity contribution in [3.8, 4) is 11.4 Å². The van der Waals surface area contributed by atoms with Crippen molar-refractivity contribution in [2.24, 2.45) is 17.3 Å². The number of hydrogen-bond acceptors (Lipinski definition) is 7. The topological polar surface area (TPSA) is 95.9 Å². The molecule has 0 amide bonds. The Bertz CT molecular complexity index is 1290. The summed E-state index contributed by atoms with van der Waals surface area (Å²) in [6, 6.07) is 13.8. The molecule has 170 valence electrons. The third-order valence-corrected chi connectivity index (χ3v) is 5.92. The van der Waals surface area contributed by atoms with Crippen molar-refractivity contribution >= 4 is 11.6 Å². The first-order chi connectivity index (χ1) is 16.2. The minimum absolute atomic E-state index is 0.280. The van der Waals surface area contributed by atoms with Gasteiger partial charge in [0.05, 0.1) is 18.0 Å². The zero-order valence-electron chi connectivity index (χ0n) is 18.8. The van der Waals surface area contributed by atoms with Crippen LogP contribution in [0.2, 0.25) is 0 Å². The van der Waals surface area contributed by atoms with Gasteiger partial charge in [-0.25, -0.2) is 4.79 Å². The van der Waals surface area contributed by atoms with Crippen molar-refractivity contribution in [1.82, 2.24) is 19.8 Å². The fourth-order valence-corrected chi connectivity index (χ4v) is 3.99. The van der Waals surface area contributed by atoms with Crippen molar-refractivity contribution < 1.29 is 9.47 Å². The SMILES string of the molecule is CC/C(=N/N=C1CCOc2ccccc21)OCc1c(C2CC2)cccc1-n1nnn(C)c1=O. The van der Waals surface area contributed by atoms with E-state index in [4.69, 9.17) is 9.47 Å².